The van der Waals surface area contributed by atoms with E-state index in [4.69, 9.17) is 0 Å². The zero-order valence-corrected chi connectivity index (χ0v) is 15.4. The zero-order valence-electron chi connectivity index (χ0n) is 15.4. The summed E-state index contributed by atoms with van der Waals surface area (Å²) in [6.07, 6.45) is 1.59. The van der Waals surface area contributed by atoms with E-state index in [0.29, 0.717) is 16.8 Å². The molecule has 0 N–H and O–H groups in total. The number of nitriles is 1. The van der Waals surface area contributed by atoms with Gasteiger partial charge in [-0.15, -0.1) is 0 Å². The molecule has 4 aromatic rings. The van der Waals surface area contributed by atoms with Crippen molar-refractivity contribution in [3.63, 3.8) is 0 Å². The van der Waals surface area contributed by atoms with Gasteiger partial charge >= 0.3 is 6.18 Å². The van der Waals surface area contributed by atoms with E-state index < -0.39 is 12.6 Å². The average Bonchev–Trinajstić information content (AvgIpc) is 3.30. The van der Waals surface area contributed by atoms with E-state index in [2.05, 4.69) is 15.1 Å². The lowest BCUT2D eigenvalue weighted by atomic mass is 10.0. The number of aromatic nitrogens is 5. The molecule has 0 saturated heterocycles. The second-order valence-electron chi connectivity index (χ2n) is 6.62. The van der Waals surface area contributed by atoms with Gasteiger partial charge in [0.15, 0.2) is 0 Å². The molecule has 9 heteroatoms. The molecule has 0 atom stereocenters. The Hall–Kier alpha value is -3.67. The molecule has 0 spiro atoms. The van der Waals surface area contributed by atoms with Crippen LogP contribution in [0.25, 0.3) is 28.0 Å². The average molecular weight is 396 g/mol. The Morgan fingerprint density at radius 1 is 1.10 bits per heavy atom. The normalized spacial score (nSPS) is 11.7. The summed E-state index contributed by atoms with van der Waals surface area (Å²) in [6.45, 7) is 1.63. The number of hydrogen-bond acceptors (Lipinski definition) is 4. The van der Waals surface area contributed by atoms with Crippen LogP contribution in [0.2, 0.25) is 0 Å². The fraction of sp³-hybridized carbons (Fsp3) is 0.200. The van der Waals surface area contributed by atoms with Crippen molar-refractivity contribution in [2.45, 2.75) is 26.1 Å². The summed E-state index contributed by atoms with van der Waals surface area (Å²) in [4.78, 5) is 8.87. The van der Waals surface area contributed by atoms with Crippen LogP contribution >= 0.6 is 0 Å². The number of nitrogens with zero attached hydrogens (tertiary/aromatic N) is 6. The van der Waals surface area contributed by atoms with Gasteiger partial charge in [0.25, 0.3) is 0 Å². The third kappa shape index (κ3) is 3.96. The lowest BCUT2D eigenvalue weighted by Gasteiger charge is -2.09. The van der Waals surface area contributed by atoms with E-state index in [1.807, 2.05) is 41.9 Å². The van der Waals surface area contributed by atoms with Crippen LogP contribution in [0, 0.1) is 18.3 Å². The standard InChI is InChI=1S/C20H15F3N6/c1-13-11-28-6-4-14(8-18(28)26-13)19-17(3-2-16(9-24)27-19)15-10-25-29(12-15)7-5-20(21,22)23/h2-4,6,8,10-12H,5,7H2,1H3. The van der Waals surface area contributed by atoms with Crippen LogP contribution in [0.4, 0.5) is 13.2 Å². The second kappa shape index (κ2) is 7.05. The van der Waals surface area contributed by atoms with E-state index in [-0.39, 0.29) is 12.2 Å². The van der Waals surface area contributed by atoms with Crippen LogP contribution in [0.15, 0.2) is 49.1 Å². The van der Waals surface area contributed by atoms with Crippen molar-refractivity contribution in [3.05, 3.63) is 60.4 Å². The number of aryl methyl sites for hydroxylation is 2. The van der Waals surface area contributed by atoms with Crippen molar-refractivity contribution in [3.8, 4) is 28.5 Å². The van der Waals surface area contributed by atoms with Crippen LogP contribution in [-0.2, 0) is 6.54 Å². The third-order valence-corrected chi connectivity index (χ3v) is 4.43. The molecule has 0 radical (unpaired) electrons. The third-order valence-electron chi connectivity index (χ3n) is 4.43. The molecule has 0 bridgehead atoms. The van der Waals surface area contributed by atoms with Gasteiger partial charge in [-0.3, -0.25) is 4.68 Å². The molecule has 4 rings (SSSR count). The van der Waals surface area contributed by atoms with E-state index in [9.17, 15) is 18.4 Å². The number of hydrogen-bond donors (Lipinski definition) is 0. The van der Waals surface area contributed by atoms with Gasteiger partial charge in [0.2, 0.25) is 0 Å². The number of imidazole rings is 1. The number of rotatable bonds is 4. The first-order valence-corrected chi connectivity index (χ1v) is 8.79. The highest BCUT2D eigenvalue weighted by atomic mass is 19.4. The molecule has 0 saturated carbocycles. The molecule has 0 unspecified atom stereocenters. The van der Waals surface area contributed by atoms with Crippen LogP contribution in [-0.4, -0.2) is 30.3 Å². The first-order chi connectivity index (χ1) is 13.8. The number of halogens is 3. The fourth-order valence-corrected chi connectivity index (χ4v) is 3.10. The van der Waals surface area contributed by atoms with Gasteiger partial charge in [0.1, 0.15) is 17.4 Å². The van der Waals surface area contributed by atoms with E-state index in [1.165, 1.54) is 10.9 Å². The molecule has 29 heavy (non-hydrogen) atoms. The number of pyridine rings is 2. The summed E-state index contributed by atoms with van der Waals surface area (Å²) in [5, 5.41) is 13.3. The fourth-order valence-electron chi connectivity index (χ4n) is 3.10. The Labute approximate surface area is 163 Å². The second-order valence-corrected chi connectivity index (χ2v) is 6.62. The minimum Gasteiger partial charge on any atom is -0.307 e. The first-order valence-electron chi connectivity index (χ1n) is 8.79. The van der Waals surface area contributed by atoms with Gasteiger partial charge in [-0.05, 0) is 31.2 Å². The highest BCUT2D eigenvalue weighted by Crippen LogP contribution is 2.31. The van der Waals surface area contributed by atoms with Crippen molar-refractivity contribution in [1.82, 2.24) is 24.1 Å². The molecule has 0 aliphatic rings. The van der Waals surface area contributed by atoms with Crippen LogP contribution in [0.1, 0.15) is 17.8 Å². The predicted molar refractivity (Wildman–Crippen MR) is 99.8 cm³/mol. The Balaban J connectivity index is 1.76. The van der Waals surface area contributed by atoms with E-state index in [1.54, 1.807) is 18.3 Å². The highest BCUT2D eigenvalue weighted by molar-refractivity contribution is 5.81. The SMILES string of the molecule is Cc1cn2ccc(-c3nc(C#N)ccc3-c3cnn(CCC(F)(F)F)c3)cc2n1. The summed E-state index contributed by atoms with van der Waals surface area (Å²) in [5.41, 5.74) is 4.44. The maximum absolute atomic E-state index is 12.5. The molecule has 0 aliphatic heterocycles. The van der Waals surface area contributed by atoms with Gasteiger partial charge in [-0.25, -0.2) is 9.97 Å². The Morgan fingerprint density at radius 2 is 1.93 bits per heavy atom. The molecule has 0 fully saturated rings. The lowest BCUT2D eigenvalue weighted by Crippen LogP contribution is -2.12. The summed E-state index contributed by atoms with van der Waals surface area (Å²) in [7, 11) is 0. The molecule has 0 aliphatic carbocycles. The van der Waals surface area contributed by atoms with Crippen molar-refractivity contribution in [2.75, 3.05) is 0 Å². The minimum atomic E-state index is -4.25. The number of fused-ring (bicyclic) bond motifs is 1. The van der Waals surface area contributed by atoms with Crippen molar-refractivity contribution in [1.29, 1.82) is 5.26 Å². The largest absolute Gasteiger partial charge is 0.390 e. The van der Waals surface area contributed by atoms with E-state index in [0.717, 1.165) is 16.9 Å². The summed E-state index contributed by atoms with van der Waals surface area (Å²) in [6, 6.07) is 9.04. The smallest absolute Gasteiger partial charge is 0.307 e. The van der Waals surface area contributed by atoms with Crippen molar-refractivity contribution in [2.24, 2.45) is 0 Å². The maximum Gasteiger partial charge on any atom is 0.390 e. The van der Waals surface area contributed by atoms with E-state index >= 15 is 0 Å². The Morgan fingerprint density at radius 3 is 2.69 bits per heavy atom. The number of alkyl halides is 3. The molecule has 0 aromatic carbocycles. The Kier molecular flexibility index (Phi) is 4.54. The molecule has 6 nitrogen and oxygen atoms in total. The summed E-state index contributed by atoms with van der Waals surface area (Å²) in [5.74, 6) is 0. The van der Waals surface area contributed by atoms with Crippen molar-refractivity contribution < 1.29 is 13.2 Å². The molecular formula is C20H15F3N6. The molecule has 146 valence electrons. The van der Waals surface area contributed by atoms with Crippen LogP contribution in [0.5, 0.6) is 0 Å². The van der Waals surface area contributed by atoms with Gasteiger partial charge in [-0.1, -0.05) is 0 Å². The minimum absolute atomic E-state index is 0.243. The molecular weight excluding hydrogens is 381 g/mol. The molecule has 4 aromatic heterocycles. The highest BCUT2D eigenvalue weighted by Gasteiger charge is 2.26. The monoisotopic (exact) mass is 396 g/mol. The van der Waals surface area contributed by atoms with Crippen LogP contribution < -0.4 is 0 Å². The van der Waals surface area contributed by atoms with Gasteiger partial charge in [0, 0.05) is 41.8 Å². The van der Waals surface area contributed by atoms with Crippen molar-refractivity contribution >= 4 is 5.65 Å². The quantitative estimate of drug-likeness (QED) is 0.513. The predicted octanol–water partition coefficient (Wildman–Crippen LogP) is 4.39. The van der Waals surface area contributed by atoms with Gasteiger partial charge < -0.3 is 4.40 Å². The van der Waals surface area contributed by atoms with Gasteiger partial charge in [-0.2, -0.15) is 23.5 Å². The summed E-state index contributed by atoms with van der Waals surface area (Å²) < 4.78 is 40.6. The van der Waals surface area contributed by atoms with Crippen LogP contribution in [0.3, 0.4) is 0 Å². The topological polar surface area (TPSA) is 71.8 Å². The summed E-state index contributed by atoms with van der Waals surface area (Å²) >= 11 is 0. The Bertz CT molecular complexity index is 1230. The molecule has 0 amide bonds. The zero-order chi connectivity index (χ0) is 20.6. The maximum atomic E-state index is 12.5. The van der Waals surface area contributed by atoms with Gasteiger partial charge in [0.05, 0.1) is 24.0 Å². The lowest BCUT2D eigenvalue weighted by molar-refractivity contribution is -0.137. The molecule has 4 heterocycles. The first kappa shape index (κ1) is 18.7.